The molecule has 19 heavy (non-hydrogen) atoms. The summed E-state index contributed by atoms with van der Waals surface area (Å²) in [6.45, 7) is 4.93. The fourth-order valence-electron chi connectivity index (χ4n) is 2.15. The molecule has 0 aliphatic carbocycles. The molecule has 2 aromatic rings. The van der Waals surface area contributed by atoms with Crippen LogP contribution in [0.1, 0.15) is 13.8 Å². The zero-order chi connectivity index (χ0) is 13.8. The third-order valence-electron chi connectivity index (χ3n) is 2.80. The fraction of sp³-hybridized carbons (Fsp3) is 0.538. The van der Waals surface area contributed by atoms with Gasteiger partial charge in [0.15, 0.2) is 0 Å². The van der Waals surface area contributed by atoms with Gasteiger partial charge in [0.05, 0.1) is 24.4 Å². The summed E-state index contributed by atoms with van der Waals surface area (Å²) in [5.74, 6) is 0. The lowest BCUT2D eigenvalue weighted by molar-refractivity contribution is 0.0633. The predicted octanol–water partition coefficient (Wildman–Crippen LogP) is 0.452. The van der Waals surface area contributed by atoms with Gasteiger partial charge in [0.25, 0.3) is 0 Å². The summed E-state index contributed by atoms with van der Waals surface area (Å²) in [5.41, 5.74) is 1.79. The normalized spacial score (nSPS) is 15.0. The van der Waals surface area contributed by atoms with Crippen molar-refractivity contribution >= 4 is 11.0 Å². The first-order valence-electron chi connectivity index (χ1n) is 6.43. The number of benzene rings is 1. The van der Waals surface area contributed by atoms with Crippen LogP contribution >= 0.6 is 0 Å². The number of aromatic nitrogens is 3. The van der Waals surface area contributed by atoms with Crippen molar-refractivity contribution in [2.75, 3.05) is 13.1 Å². The van der Waals surface area contributed by atoms with Gasteiger partial charge >= 0.3 is 0 Å². The van der Waals surface area contributed by atoms with Crippen molar-refractivity contribution in [3.63, 3.8) is 0 Å². The van der Waals surface area contributed by atoms with E-state index in [-0.39, 0.29) is 0 Å². The van der Waals surface area contributed by atoms with Crippen molar-refractivity contribution in [2.24, 2.45) is 0 Å². The van der Waals surface area contributed by atoms with Crippen LogP contribution in [-0.2, 0) is 6.67 Å². The molecule has 0 aliphatic heterocycles. The third-order valence-corrected chi connectivity index (χ3v) is 2.80. The summed E-state index contributed by atoms with van der Waals surface area (Å²) in [6, 6.07) is 7.73. The van der Waals surface area contributed by atoms with Gasteiger partial charge in [-0.05, 0) is 26.0 Å². The number of rotatable bonds is 6. The van der Waals surface area contributed by atoms with Gasteiger partial charge in [-0.2, -0.15) is 0 Å². The van der Waals surface area contributed by atoms with Crippen LogP contribution in [0.3, 0.4) is 0 Å². The van der Waals surface area contributed by atoms with Crippen molar-refractivity contribution in [1.29, 1.82) is 0 Å². The van der Waals surface area contributed by atoms with Gasteiger partial charge in [0.1, 0.15) is 5.52 Å². The Kier molecular flexibility index (Phi) is 4.47. The zero-order valence-corrected chi connectivity index (χ0v) is 11.3. The summed E-state index contributed by atoms with van der Waals surface area (Å²) in [4.78, 5) is 1.95. The first-order chi connectivity index (χ1) is 9.06. The molecule has 2 atom stereocenters. The average molecular weight is 264 g/mol. The Labute approximate surface area is 112 Å². The molecular formula is C13H20N4O2. The number of hydrogen-bond acceptors (Lipinski definition) is 5. The van der Waals surface area contributed by atoms with E-state index in [4.69, 9.17) is 0 Å². The lowest BCUT2D eigenvalue weighted by Gasteiger charge is -2.24. The highest BCUT2D eigenvalue weighted by Gasteiger charge is 2.13. The first-order valence-corrected chi connectivity index (χ1v) is 6.43. The molecule has 1 aromatic heterocycles. The van der Waals surface area contributed by atoms with Gasteiger partial charge in [-0.1, -0.05) is 17.3 Å². The highest BCUT2D eigenvalue weighted by Crippen LogP contribution is 2.10. The lowest BCUT2D eigenvalue weighted by Crippen LogP contribution is -2.37. The average Bonchev–Trinajstić information content (AvgIpc) is 2.71. The number of nitrogens with zero attached hydrogens (tertiary/aromatic N) is 4. The molecule has 0 radical (unpaired) electrons. The monoisotopic (exact) mass is 264 g/mol. The minimum Gasteiger partial charge on any atom is -0.392 e. The Morgan fingerprint density at radius 3 is 2.42 bits per heavy atom. The van der Waals surface area contributed by atoms with E-state index >= 15 is 0 Å². The fourth-order valence-corrected chi connectivity index (χ4v) is 2.15. The van der Waals surface area contributed by atoms with Crippen LogP contribution in [-0.4, -0.2) is 55.4 Å². The Bertz CT molecular complexity index is 514. The van der Waals surface area contributed by atoms with E-state index in [1.54, 1.807) is 18.5 Å². The molecule has 1 heterocycles. The van der Waals surface area contributed by atoms with Crippen LogP contribution in [0.5, 0.6) is 0 Å². The molecule has 2 unspecified atom stereocenters. The molecule has 0 amide bonds. The van der Waals surface area contributed by atoms with Gasteiger partial charge in [-0.25, -0.2) is 4.68 Å². The molecule has 0 fully saturated rings. The van der Waals surface area contributed by atoms with Crippen molar-refractivity contribution in [2.45, 2.75) is 32.7 Å². The summed E-state index contributed by atoms with van der Waals surface area (Å²) in [6.07, 6.45) is -0.901. The van der Waals surface area contributed by atoms with E-state index in [1.165, 1.54) is 0 Å². The molecule has 0 saturated carbocycles. The molecule has 104 valence electrons. The Balaban J connectivity index is 2.15. The molecule has 0 aliphatic rings. The van der Waals surface area contributed by atoms with E-state index in [0.29, 0.717) is 19.8 Å². The Morgan fingerprint density at radius 2 is 1.79 bits per heavy atom. The van der Waals surface area contributed by atoms with Gasteiger partial charge in [-0.15, -0.1) is 5.10 Å². The maximum Gasteiger partial charge on any atom is 0.113 e. The van der Waals surface area contributed by atoms with Gasteiger partial charge in [0.2, 0.25) is 0 Å². The highest BCUT2D eigenvalue weighted by atomic mass is 16.3. The minimum absolute atomic E-state index is 0.450. The van der Waals surface area contributed by atoms with Gasteiger partial charge in [-0.3, -0.25) is 4.90 Å². The topological polar surface area (TPSA) is 74.4 Å². The van der Waals surface area contributed by atoms with Crippen molar-refractivity contribution in [3.05, 3.63) is 24.3 Å². The summed E-state index contributed by atoms with van der Waals surface area (Å²) in [7, 11) is 0. The second kappa shape index (κ2) is 6.10. The van der Waals surface area contributed by atoms with E-state index < -0.39 is 12.2 Å². The van der Waals surface area contributed by atoms with Crippen LogP contribution in [0, 0.1) is 0 Å². The van der Waals surface area contributed by atoms with Crippen LogP contribution in [0.4, 0.5) is 0 Å². The number of para-hydroxylation sites is 1. The van der Waals surface area contributed by atoms with Crippen molar-refractivity contribution in [1.82, 2.24) is 19.9 Å². The SMILES string of the molecule is CC(O)CN(CC(C)O)Cn1nnc2ccccc21. The predicted molar refractivity (Wildman–Crippen MR) is 72.5 cm³/mol. The van der Waals surface area contributed by atoms with E-state index in [9.17, 15) is 10.2 Å². The maximum atomic E-state index is 9.51. The number of fused-ring (bicyclic) bond motifs is 1. The van der Waals surface area contributed by atoms with Crippen LogP contribution in [0.2, 0.25) is 0 Å². The smallest absolute Gasteiger partial charge is 0.113 e. The van der Waals surface area contributed by atoms with E-state index in [1.807, 2.05) is 29.2 Å². The third kappa shape index (κ3) is 3.73. The van der Waals surface area contributed by atoms with E-state index in [0.717, 1.165) is 11.0 Å². The second-order valence-electron chi connectivity index (χ2n) is 4.95. The standard InChI is InChI=1S/C13H20N4O2/c1-10(18)7-16(8-11(2)19)9-17-13-6-4-3-5-12(13)14-15-17/h3-6,10-11,18-19H,7-9H2,1-2H3. The minimum atomic E-state index is -0.450. The second-order valence-corrected chi connectivity index (χ2v) is 4.95. The zero-order valence-electron chi connectivity index (χ0n) is 11.3. The molecule has 2 N–H and O–H groups in total. The molecule has 2 rings (SSSR count). The van der Waals surface area contributed by atoms with Crippen LogP contribution < -0.4 is 0 Å². The van der Waals surface area contributed by atoms with Crippen LogP contribution in [0.15, 0.2) is 24.3 Å². The molecule has 6 heteroatoms. The molecule has 0 bridgehead atoms. The Morgan fingerprint density at radius 1 is 1.16 bits per heavy atom. The maximum absolute atomic E-state index is 9.51. The number of aliphatic hydroxyl groups excluding tert-OH is 2. The van der Waals surface area contributed by atoms with Crippen LogP contribution in [0.25, 0.3) is 11.0 Å². The molecule has 0 spiro atoms. The molecule has 6 nitrogen and oxygen atoms in total. The van der Waals surface area contributed by atoms with E-state index in [2.05, 4.69) is 10.3 Å². The quantitative estimate of drug-likeness (QED) is 0.792. The highest BCUT2D eigenvalue weighted by molar-refractivity contribution is 5.73. The van der Waals surface area contributed by atoms with Crippen molar-refractivity contribution < 1.29 is 10.2 Å². The first kappa shape index (κ1) is 13.9. The number of aliphatic hydroxyl groups is 2. The molecule has 1 aromatic carbocycles. The number of hydrogen-bond donors (Lipinski definition) is 2. The largest absolute Gasteiger partial charge is 0.392 e. The summed E-state index contributed by atoms with van der Waals surface area (Å²) < 4.78 is 1.78. The van der Waals surface area contributed by atoms with Gasteiger partial charge < -0.3 is 10.2 Å². The summed E-state index contributed by atoms with van der Waals surface area (Å²) in [5, 5.41) is 27.2. The molecule has 0 saturated heterocycles. The molecular weight excluding hydrogens is 244 g/mol. The Hall–Kier alpha value is -1.50. The van der Waals surface area contributed by atoms with Gasteiger partial charge in [0, 0.05) is 13.1 Å². The lowest BCUT2D eigenvalue weighted by atomic mass is 10.3. The van der Waals surface area contributed by atoms with Crippen molar-refractivity contribution in [3.8, 4) is 0 Å². The summed E-state index contributed by atoms with van der Waals surface area (Å²) >= 11 is 0.